The third-order valence-electron chi connectivity index (χ3n) is 5.03. The fraction of sp³-hybridized carbons (Fsp3) is 0.136. The number of carbonyl (C=O) groups excluding carboxylic acids is 1. The summed E-state index contributed by atoms with van der Waals surface area (Å²) < 4.78 is 1.03. The van der Waals surface area contributed by atoms with Crippen LogP contribution < -0.4 is 16.1 Å². The molecule has 4 aromatic rings. The molecule has 0 fully saturated rings. The number of anilines is 1. The first-order chi connectivity index (χ1) is 14.8. The first-order valence-corrected chi connectivity index (χ1v) is 10.5. The van der Waals surface area contributed by atoms with Crippen LogP contribution in [0.1, 0.15) is 20.8 Å². The van der Waals surface area contributed by atoms with Gasteiger partial charge in [-0.05, 0) is 36.8 Å². The minimum Gasteiger partial charge on any atom is -0.392 e. The molecule has 0 unspecified atom stereocenters. The second-order valence-corrected chi connectivity index (χ2v) is 8.69. The van der Waals surface area contributed by atoms with E-state index in [-0.39, 0.29) is 32.8 Å². The molecule has 2 heterocycles. The van der Waals surface area contributed by atoms with E-state index in [1.54, 1.807) is 25.2 Å². The number of aryl methyl sites for hydroxylation is 1. The highest BCUT2D eigenvalue weighted by atomic mass is 35.5. The maximum Gasteiger partial charge on any atom is 0.333 e. The van der Waals surface area contributed by atoms with Crippen molar-refractivity contribution in [1.82, 2.24) is 9.55 Å². The molecule has 9 heteroatoms. The van der Waals surface area contributed by atoms with E-state index in [0.29, 0.717) is 16.8 Å². The van der Waals surface area contributed by atoms with E-state index in [2.05, 4.69) is 4.98 Å². The summed E-state index contributed by atoms with van der Waals surface area (Å²) in [4.78, 5) is 43.2. The molecule has 0 saturated carbocycles. The standard InChI is InChI=1S/C22H18ClN3O4S/c1-12-6-8-14(9-7-12)25(2)20(28)17-10-16(19(23)31-17)26-21(29)18-13(11-27)4-3-5-15(18)24-22(26)30/h3-10,27H,11H2,1-2H3,(H,24,30). The number of thiophene rings is 1. The number of halogens is 1. The van der Waals surface area contributed by atoms with Crippen molar-refractivity contribution in [2.45, 2.75) is 13.5 Å². The van der Waals surface area contributed by atoms with Crippen LogP contribution in [-0.4, -0.2) is 27.6 Å². The summed E-state index contributed by atoms with van der Waals surface area (Å²) in [5.41, 5.74) is 1.30. The van der Waals surface area contributed by atoms with Gasteiger partial charge >= 0.3 is 5.69 Å². The SMILES string of the molecule is Cc1ccc(N(C)C(=O)c2cc(-n3c(=O)[nH]c4cccc(CO)c4c3=O)c(Cl)s2)cc1. The number of hydrogen-bond acceptors (Lipinski definition) is 5. The van der Waals surface area contributed by atoms with Gasteiger partial charge in [-0.3, -0.25) is 9.59 Å². The summed E-state index contributed by atoms with van der Waals surface area (Å²) in [6, 6.07) is 13.7. The molecule has 0 aliphatic heterocycles. The lowest BCUT2D eigenvalue weighted by Gasteiger charge is -2.16. The number of rotatable bonds is 4. The Kier molecular flexibility index (Phi) is 5.53. The van der Waals surface area contributed by atoms with Gasteiger partial charge in [-0.25, -0.2) is 9.36 Å². The number of amides is 1. The third-order valence-corrected chi connectivity index (χ3v) is 6.35. The number of H-pyrrole nitrogens is 1. The van der Waals surface area contributed by atoms with Crippen LogP contribution >= 0.6 is 22.9 Å². The number of aromatic nitrogens is 2. The second-order valence-electron chi connectivity index (χ2n) is 7.04. The van der Waals surface area contributed by atoms with Crippen molar-refractivity contribution >= 4 is 45.4 Å². The maximum absolute atomic E-state index is 13.1. The minimum atomic E-state index is -0.682. The number of aliphatic hydroxyl groups excluding tert-OH is 1. The molecule has 0 atom stereocenters. The van der Waals surface area contributed by atoms with E-state index in [1.165, 1.54) is 11.0 Å². The topological polar surface area (TPSA) is 95.4 Å². The summed E-state index contributed by atoms with van der Waals surface area (Å²) >= 11 is 7.34. The zero-order chi connectivity index (χ0) is 22.3. The van der Waals surface area contributed by atoms with Gasteiger partial charge in [0.25, 0.3) is 11.5 Å². The lowest BCUT2D eigenvalue weighted by Crippen LogP contribution is -2.34. The molecule has 7 nitrogen and oxygen atoms in total. The first-order valence-electron chi connectivity index (χ1n) is 9.34. The molecule has 4 rings (SSSR count). The van der Waals surface area contributed by atoms with E-state index < -0.39 is 11.2 Å². The predicted molar refractivity (Wildman–Crippen MR) is 123 cm³/mol. The van der Waals surface area contributed by atoms with E-state index >= 15 is 0 Å². The van der Waals surface area contributed by atoms with Crippen LogP contribution in [0.25, 0.3) is 16.6 Å². The van der Waals surface area contributed by atoms with Gasteiger partial charge in [0.05, 0.1) is 28.1 Å². The predicted octanol–water partition coefficient (Wildman–Crippen LogP) is 3.47. The van der Waals surface area contributed by atoms with Crippen molar-refractivity contribution in [2.24, 2.45) is 0 Å². The van der Waals surface area contributed by atoms with Crippen LogP contribution in [0.2, 0.25) is 4.34 Å². The van der Waals surface area contributed by atoms with E-state index in [4.69, 9.17) is 11.6 Å². The Hall–Kier alpha value is -3.20. The number of aliphatic hydroxyl groups is 1. The molecule has 0 bridgehead atoms. The number of hydrogen-bond donors (Lipinski definition) is 2. The quantitative estimate of drug-likeness (QED) is 0.492. The molecule has 0 aliphatic rings. The molecule has 2 aromatic heterocycles. The molecular formula is C22H18ClN3O4S. The Balaban J connectivity index is 1.82. The van der Waals surface area contributed by atoms with E-state index in [1.807, 2.05) is 31.2 Å². The van der Waals surface area contributed by atoms with Gasteiger partial charge in [0, 0.05) is 12.7 Å². The van der Waals surface area contributed by atoms with Crippen molar-refractivity contribution in [3.05, 3.63) is 89.7 Å². The molecule has 158 valence electrons. The van der Waals surface area contributed by atoms with Gasteiger partial charge in [-0.15, -0.1) is 11.3 Å². The van der Waals surface area contributed by atoms with E-state index in [9.17, 15) is 19.5 Å². The number of benzene rings is 2. The molecule has 0 radical (unpaired) electrons. The highest BCUT2D eigenvalue weighted by Crippen LogP contribution is 2.31. The lowest BCUT2D eigenvalue weighted by atomic mass is 10.1. The van der Waals surface area contributed by atoms with Gasteiger partial charge in [0.1, 0.15) is 4.34 Å². The Labute approximate surface area is 185 Å². The maximum atomic E-state index is 13.1. The summed E-state index contributed by atoms with van der Waals surface area (Å²) in [5.74, 6) is -0.316. The number of nitrogens with zero attached hydrogens (tertiary/aromatic N) is 2. The largest absolute Gasteiger partial charge is 0.392 e. The highest BCUT2D eigenvalue weighted by molar-refractivity contribution is 7.18. The molecule has 31 heavy (non-hydrogen) atoms. The average Bonchev–Trinajstić information content (AvgIpc) is 3.13. The van der Waals surface area contributed by atoms with Gasteiger partial charge in [-0.1, -0.05) is 41.4 Å². The summed E-state index contributed by atoms with van der Waals surface area (Å²) in [6.07, 6.45) is 0. The zero-order valence-electron chi connectivity index (χ0n) is 16.7. The average molecular weight is 456 g/mol. The number of carbonyl (C=O) groups is 1. The summed E-state index contributed by atoms with van der Waals surface area (Å²) in [7, 11) is 1.64. The van der Waals surface area contributed by atoms with Crippen LogP contribution in [0.15, 0.2) is 58.1 Å². The molecule has 0 aliphatic carbocycles. The van der Waals surface area contributed by atoms with Crippen LogP contribution in [0, 0.1) is 6.92 Å². The fourth-order valence-electron chi connectivity index (χ4n) is 3.35. The Morgan fingerprint density at radius 1 is 1.19 bits per heavy atom. The molecular weight excluding hydrogens is 438 g/mol. The Morgan fingerprint density at radius 2 is 1.90 bits per heavy atom. The van der Waals surface area contributed by atoms with E-state index in [0.717, 1.165) is 21.5 Å². The van der Waals surface area contributed by atoms with Crippen molar-refractivity contribution in [1.29, 1.82) is 0 Å². The van der Waals surface area contributed by atoms with Gasteiger partial charge in [-0.2, -0.15) is 0 Å². The van der Waals surface area contributed by atoms with Crippen molar-refractivity contribution in [3.8, 4) is 5.69 Å². The number of fused-ring (bicyclic) bond motifs is 1. The molecule has 2 N–H and O–H groups in total. The highest BCUT2D eigenvalue weighted by Gasteiger charge is 2.22. The van der Waals surface area contributed by atoms with Crippen molar-refractivity contribution < 1.29 is 9.90 Å². The summed E-state index contributed by atoms with van der Waals surface area (Å²) in [5, 5.41) is 9.79. The van der Waals surface area contributed by atoms with Crippen molar-refractivity contribution in [2.75, 3.05) is 11.9 Å². The smallest absolute Gasteiger partial charge is 0.333 e. The zero-order valence-corrected chi connectivity index (χ0v) is 18.3. The van der Waals surface area contributed by atoms with Crippen LogP contribution in [0.4, 0.5) is 5.69 Å². The lowest BCUT2D eigenvalue weighted by molar-refractivity contribution is 0.0997. The molecule has 0 saturated heterocycles. The van der Waals surface area contributed by atoms with Gasteiger partial charge in [0.15, 0.2) is 0 Å². The normalized spacial score (nSPS) is 11.1. The van der Waals surface area contributed by atoms with Crippen LogP contribution in [0.5, 0.6) is 0 Å². The molecule has 1 amide bonds. The molecule has 0 spiro atoms. The summed E-state index contributed by atoms with van der Waals surface area (Å²) in [6.45, 7) is 1.60. The van der Waals surface area contributed by atoms with Crippen LogP contribution in [0.3, 0.4) is 0 Å². The second kappa shape index (κ2) is 8.14. The molecule has 2 aromatic carbocycles. The fourth-order valence-corrected chi connectivity index (χ4v) is 4.58. The first kappa shape index (κ1) is 21.0. The van der Waals surface area contributed by atoms with Gasteiger partial charge in [0.2, 0.25) is 0 Å². The van der Waals surface area contributed by atoms with Gasteiger partial charge < -0.3 is 15.0 Å². The van der Waals surface area contributed by atoms with Crippen LogP contribution in [-0.2, 0) is 6.61 Å². The van der Waals surface area contributed by atoms with Crippen molar-refractivity contribution in [3.63, 3.8) is 0 Å². The number of aromatic amines is 1. The number of nitrogens with one attached hydrogen (secondary N) is 1. The monoisotopic (exact) mass is 455 g/mol. The third kappa shape index (κ3) is 3.69. The minimum absolute atomic E-state index is 0.119. The Bertz CT molecular complexity index is 1420. The Morgan fingerprint density at radius 3 is 2.58 bits per heavy atom.